The highest BCUT2D eigenvalue weighted by Crippen LogP contribution is 2.16. The highest BCUT2D eigenvalue weighted by atomic mass is 127. The highest BCUT2D eigenvalue weighted by molar-refractivity contribution is 14.0. The number of thioether (sulfide) groups is 1. The van der Waals surface area contributed by atoms with Crippen LogP contribution in [0.25, 0.3) is 0 Å². The first-order valence-electron chi connectivity index (χ1n) is 8.11. The molecule has 0 spiro atoms. The summed E-state index contributed by atoms with van der Waals surface area (Å²) in [5.41, 5.74) is 1.13. The van der Waals surface area contributed by atoms with Gasteiger partial charge in [0.25, 0.3) is 0 Å². The van der Waals surface area contributed by atoms with Crippen LogP contribution in [-0.2, 0) is 0 Å². The molecule has 0 heterocycles. The molecule has 25 heavy (non-hydrogen) atoms. The second-order valence-electron chi connectivity index (χ2n) is 5.33. The molecule has 2 rings (SSSR count). The van der Waals surface area contributed by atoms with E-state index >= 15 is 0 Å². The van der Waals surface area contributed by atoms with Gasteiger partial charge in [-0.2, -0.15) is 0 Å². The van der Waals surface area contributed by atoms with Crippen LogP contribution in [0.2, 0.25) is 0 Å². The van der Waals surface area contributed by atoms with E-state index in [4.69, 9.17) is 0 Å². The van der Waals surface area contributed by atoms with Crippen LogP contribution in [0.1, 0.15) is 11.5 Å². The molecule has 0 aliphatic heterocycles. The molecule has 6 heteroatoms. The van der Waals surface area contributed by atoms with Crippen molar-refractivity contribution < 1.29 is 5.11 Å². The molecule has 0 bridgehead atoms. The Hall–Kier alpha value is -1.25. The van der Waals surface area contributed by atoms with E-state index < -0.39 is 0 Å². The number of nitrogens with zero attached hydrogens (tertiary/aromatic N) is 1. The molecular weight excluding hydrogens is 445 g/mol. The summed E-state index contributed by atoms with van der Waals surface area (Å²) in [4.78, 5) is 5.51. The van der Waals surface area contributed by atoms with Crippen LogP contribution in [-0.4, -0.2) is 43.6 Å². The zero-order chi connectivity index (χ0) is 17.0. The summed E-state index contributed by atoms with van der Waals surface area (Å²) in [5.74, 6) is 1.79. The topological polar surface area (TPSA) is 56.7 Å². The molecule has 4 nitrogen and oxygen atoms in total. The van der Waals surface area contributed by atoms with Crippen LogP contribution >= 0.6 is 35.7 Å². The maximum absolute atomic E-state index is 9.60. The van der Waals surface area contributed by atoms with Crippen molar-refractivity contribution in [2.24, 2.45) is 4.99 Å². The fraction of sp³-hybridized carbons (Fsp3) is 0.316. The molecule has 2 aromatic rings. The maximum atomic E-state index is 9.60. The van der Waals surface area contributed by atoms with Gasteiger partial charge in [-0.15, -0.1) is 35.7 Å². The lowest BCUT2D eigenvalue weighted by Gasteiger charge is -2.18. The van der Waals surface area contributed by atoms with Crippen molar-refractivity contribution in [2.75, 3.05) is 32.5 Å². The molecule has 0 aliphatic carbocycles. The summed E-state index contributed by atoms with van der Waals surface area (Å²) in [5, 5.41) is 16.2. The van der Waals surface area contributed by atoms with Crippen LogP contribution in [0.3, 0.4) is 0 Å². The number of aliphatic hydroxyl groups is 1. The quantitative estimate of drug-likeness (QED) is 0.182. The fourth-order valence-corrected chi connectivity index (χ4v) is 3.10. The van der Waals surface area contributed by atoms with Crippen LogP contribution in [0, 0.1) is 0 Å². The number of hydrogen-bond donors (Lipinski definition) is 3. The predicted molar refractivity (Wildman–Crippen MR) is 118 cm³/mol. The third-order valence-electron chi connectivity index (χ3n) is 3.64. The number of benzene rings is 2. The first kappa shape index (κ1) is 21.8. The monoisotopic (exact) mass is 471 g/mol. The number of hydrogen-bond acceptors (Lipinski definition) is 3. The fourth-order valence-electron chi connectivity index (χ4n) is 2.31. The Morgan fingerprint density at radius 3 is 2.28 bits per heavy atom. The minimum absolute atomic E-state index is 0. The molecule has 136 valence electrons. The van der Waals surface area contributed by atoms with Gasteiger partial charge in [-0.05, 0) is 17.7 Å². The summed E-state index contributed by atoms with van der Waals surface area (Å²) in [6.07, 6.45) is 0. The molecular formula is C19H26IN3OS. The van der Waals surface area contributed by atoms with E-state index in [1.54, 1.807) is 7.05 Å². The van der Waals surface area contributed by atoms with Crippen LogP contribution in [0.5, 0.6) is 0 Å². The van der Waals surface area contributed by atoms with Crippen molar-refractivity contribution in [3.05, 3.63) is 66.2 Å². The van der Waals surface area contributed by atoms with E-state index in [1.807, 2.05) is 48.2 Å². The van der Waals surface area contributed by atoms with Crippen molar-refractivity contribution in [3.8, 4) is 0 Å². The van der Waals surface area contributed by atoms with E-state index in [2.05, 4.69) is 39.9 Å². The standard InChI is InChI=1S/C19H25N3OS.HI/c1-20-19(21-12-13-24-18-10-6-3-7-11-18)22-14-17(15-23)16-8-4-2-5-9-16;/h2-11,17,23H,12-15H2,1H3,(H2,20,21,22);1H. The third kappa shape index (κ3) is 8.11. The largest absolute Gasteiger partial charge is 0.396 e. The summed E-state index contributed by atoms with van der Waals surface area (Å²) in [6, 6.07) is 20.4. The van der Waals surface area contributed by atoms with Crippen molar-refractivity contribution in [1.29, 1.82) is 0 Å². The SMILES string of the molecule is CN=C(NCCSc1ccccc1)NCC(CO)c1ccccc1.I. The first-order chi connectivity index (χ1) is 11.8. The molecule has 3 N–H and O–H groups in total. The highest BCUT2D eigenvalue weighted by Gasteiger charge is 2.10. The molecule has 0 aromatic heterocycles. The van der Waals surface area contributed by atoms with Gasteiger partial charge in [-0.3, -0.25) is 4.99 Å². The van der Waals surface area contributed by atoms with Gasteiger partial charge in [-0.25, -0.2) is 0 Å². The Kier molecular flexibility index (Phi) is 11.3. The number of guanidine groups is 1. The van der Waals surface area contributed by atoms with Crippen molar-refractivity contribution >= 4 is 41.7 Å². The Bertz CT molecular complexity index is 611. The van der Waals surface area contributed by atoms with Gasteiger partial charge in [0.15, 0.2) is 5.96 Å². The lowest BCUT2D eigenvalue weighted by molar-refractivity contribution is 0.265. The summed E-state index contributed by atoms with van der Waals surface area (Å²) in [6.45, 7) is 1.58. The zero-order valence-corrected chi connectivity index (χ0v) is 17.5. The van der Waals surface area contributed by atoms with Gasteiger partial charge in [0, 0.05) is 36.7 Å². The Labute approximate surface area is 171 Å². The Morgan fingerprint density at radius 1 is 1.04 bits per heavy atom. The van der Waals surface area contributed by atoms with E-state index in [1.165, 1.54) is 4.90 Å². The third-order valence-corrected chi connectivity index (χ3v) is 4.65. The molecule has 0 aliphatic rings. The molecule has 0 fully saturated rings. The van der Waals surface area contributed by atoms with Gasteiger partial charge in [0.1, 0.15) is 0 Å². The molecule has 1 atom stereocenters. The average Bonchev–Trinajstić information content (AvgIpc) is 2.65. The normalized spacial score (nSPS) is 12.2. The number of aliphatic imine (C=N–C) groups is 1. The lowest BCUT2D eigenvalue weighted by Crippen LogP contribution is -2.40. The summed E-state index contributed by atoms with van der Waals surface area (Å²) < 4.78 is 0. The molecule has 0 saturated carbocycles. The van der Waals surface area contributed by atoms with E-state index in [9.17, 15) is 5.11 Å². The molecule has 1 unspecified atom stereocenters. The van der Waals surface area contributed by atoms with Crippen LogP contribution < -0.4 is 10.6 Å². The second-order valence-corrected chi connectivity index (χ2v) is 6.50. The Balaban J connectivity index is 0.00000312. The predicted octanol–water partition coefficient (Wildman–Crippen LogP) is 3.34. The van der Waals surface area contributed by atoms with Gasteiger partial charge in [0.2, 0.25) is 0 Å². The maximum Gasteiger partial charge on any atom is 0.191 e. The molecule has 2 aromatic carbocycles. The van der Waals surface area contributed by atoms with E-state index in [-0.39, 0.29) is 36.5 Å². The van der Waals surface area contributed by atoms with Crippen molar-refractivity contribution in [1.82, 2.24) is 10.6 Å². The summed E-state index contributed by atoms with van der Waals surface area (Å²) >= 11 is 1.81. The number of rotatable bonds is 8. The zero-order valence-electron chi connectivity index (χ0n) is 14.4. The molecule has 0 saturated heterocycles. The minimum Gasteiger partial charge on any atom is -0.396 e. The minimum atomic E-state index is 0. The van der Waals surface area contributed by atoms with Gasteiger partial charge in [-0.1, -0.05) is 48.5 Å². The van der Waals surface area contributed by atoms with Gasteiger partial charge < -0.3 is 15.7 Å². The second kappa shape index (κ2) is 13.0. The first-order valence-corrected chi connectivity index (χ1v) is 9.10. The van der Waals surface area contributed by atoms with E-state index in [0.717, 1.165) is 23.8 Å². The van der Waals surface area contributed by atoms with Crippen molar-refractivity contribution in [3.63, 3.8) is 0 Å². The van der Waals surface area contributed by atoms with Gasteiger partial charge >= 0.3 is 0 Å². The number of halogens is 1. The number of aliphatic hydroxyl groups excluding tert-OH is 1. The lowest BCUT2D eigenvalue weighted by atomic mass is 10.0. The average molecular weight is 471 g/mol. The van der Waals surface area contributed by atoms with Crippen LogP contribution in [0.15, 0.2) is 70.6 Å². The Morgan fingerprint density at radius 2 is 1.68 bits per heavy atom. The molecule has 0 amide bonds. The van der Waals surface area contributed by atoms with Gasteiger partial charge in [0.05, 0.1) is 6.61 Å². The number of nitrogens with one attached hydrogen (secondary N) is 2. The van der Waals surface area contributed by atoms with Crippen molar-refractivity contribution in [2.45, 2.75) is 10.8 Å². The summed E-state index contributed by atoms with van der Waals surface area (Å²) in [7, 11) is 1.76. The molecule has 0 radical (unpaired) electrons. The van der Waals surface area contributed by atoms with Crippen LogP contribution in [0.4, 0.5) is 0 Å². The smallest absolute Gasteiger partial charge is 0.191 e. The van der Waals surface area contributed by atoms with E-state index in [0.29, 0.717) is 6.54 Å².